The van der Waals surface area contributed by atoms with Gasteiger partial charge in [0, 0.05) is 0 Å². The second-order valence-electron chi connectivity index (χ2n) is 2.99. The monoisotopic (exact) mass is 234 g/mol. The quantitative estimate of drug-likeness (QED) is 0.676. The zero-order chi connectivity index (χ0) is 12.1. The largest absolute Gasteiger partial charge is 0.480 e. The summed E-state index contributed by atoms with van der Waals surface area (Å²) in [4.78, 5) is 10.6. The molecule has 0 radical (unpaired) electrons. The fourth-order valence-electron chi connectivity index (χ4n) is 0.969. The summed E-state index contributed by atoms with van der Waals surface area (Å²) in [7, 11) is -3.87. The molecule has 0 aromatic heterocycles. The van der Waals surface area contributed by atoms with Crippen LogP contribution in [0.25, 0.3) is 0 Å². The number of aliphatic carboxylic acids is 1. The van der Waals surface area contributed by atoms with Crippen LogP contribution < -0.4 is 4.72 Å². The number of nitriles is 1. The van der Waals surface area contributed by atoms with Crippen LogP contribution >= 0.6 is 0 Å². The van der Waals surface area contributed by atoms with Crippen molar-refractivity contribution in [1.82, 2.24) is 4.72 Å². The molecule has 0 aliphatic heterocycles. The third-order valence-corrected chi connectivity index (χ3v) is 3.70. The Hall–Kier alpha value is -1.13. The van der Waals surface area contributed by atoms with Gasteiger partial charge in [-0.15, -0.1) is 0 Å². The van der Waals surface area contributed by atoms with E-state index in [0.29, 0.717) is 0 Å². The molecule has 0 spiro atoms. The van der Waals surface area contributed by atoms with Crippen molar-refractivity contribution in [2.24, 2.45) is 0 Å². The van der Waals surface area contributed by atoms with Gasteiger partial charge in [-0.25, -0.2) is 8.42 Å². The first-order valence-corrected chi connectivity index (χ1v) is 6.07. The Morgan fingerprint density at radius 3 is 2.27 bits per heavy atom. The molecule has 0 fully saturated rings. The minimum Gasteiger partial charge on any atom is -0.480 e. The summed E-state index contributed by atoms with van der Waals surface area (Å²) in [5.74, 6) is -1.24. The van der Waals surface area contributed by atoms with Crippen LogP contribution in [0, 0.1) is 11.3 Å². The number of nitrogens with zero attached hydrogens (tertiary/aromatic N) is 1. The van der Waals surface area contributed by atoms with Gasteiger partial charge in [-0.2, -0.15) is 9.98 Å². The molecule has 0 saturated carbocycles. The minimum absolute atomic E-state index is 0.127. The number of nitrogens with one attached hydrogen (secondary N) is 1. The molecule has 6 nitrogen and oxygen atoms in total. The molecule has 0 aliphatic rings. The lowest BCUT2D eigenvalue weighted by Gasteiger charge is -2.14. The first-order valence-electron chi connectivity index (χ1n) is 4.52. The van der Waals surface area contributed by atoms with Gasteiger partial charge in [0.05, 0.1) is 6.07 Å². The number of hydrogen-bond donors (Lipinski definition) is 2. The highest BCUT2D eigenvalue weighted by Gasteiger charge is 2.28. The van der Waals surface area contributed by atoms with E-state index in [1.807, 2.05) is 4.72 Å². The lowest BCUT2D eigenvalue weighted by atomic mass is 10.2. The standard InChI is InChI=1S/C8H14N2O4S/c1-3-6(5-9)15(13,14)10-7(4-2)8(11)12/h6-7,10H,3-4H2,1-2H3,(H,11,12)/t6?,7-/m0/s1. The van der Waals surface area contributed by atoms with Crippen molar-refractivity contribution in [2.75, 3.05) is 0 Å². The lowest BCUT2D eigenvalue weighted by Crippen LogP contribution is -2.44. The molecule has 2 N–H and O–H groups in total. The lowest BCUT2D eigenvalue weighted by molar-refractivity contribution is -0.139. The Kier molecular flexibility index (Phi) is 5.25. The summed E-state index contributed by atoms with van der Waals surface area (Å²) in [6.07, 6.45) is 0.262. The van der Waals surface area contributed by atoms with Crippen molar-refractivity contribution in [1.29, 1.82) is 5.26 Å². The molecule has 0 rings (SSSR count). The van der Waals surface area contributed by atoms with Gasteiger partial charge in [-0.3, -0.25) is 4.79 Å². The molecule has 7 heteroatoms. The van der Waals surface area contributed by atoms with Gasteiger partial charge in [-0.1, -0.05) is 13.8 Å². The van der Waals surface area contributed by atoms with Gasteiger partial charge in [0.1, 0.15) is 6.04 Å². The average Bonchev–Trinajstić information content (AvgIpc) is 2.15. The summed E-state index contributed by atoms with van der Waals surface area (Å²) >= 11 is 0. The maximum Gasteiger partial charge on any atom is 0.321 e. The summed E-state index contributed by atoms with van der Waals surface area (Å²) < 4.78 is 24.9. The molecule has 15 heavy (non-hydrogen) atoms. The molecule has 2 atom stereocenters. The molecule has 0 aromatic rings. The van der Waals surface area contributed by atoms with Crippen LogP contribution in [-0.4, -0.2) is 30.8 Å². The molecule has 86 valence electrons. The number of rotatable bonds is 6. The maximum atomic E-state index is 11.5. The molecule has 0 heterocycles. The minimum atomic E-state index is -3.87. The fourth-order valence-corrected chi connectivity index (χ4v) is 2.37. The van der Waals surface area contributed by atoms with Gasteiger partial charge >= 0.3 is 5.97 Å². The van der Waals surface area contributed by atoms with Crippen molar-refractivity contribution < 1.29 is 18.3 Å². The summed E-state index contributed by atoms with van der Waals surface area (Å²) in [5, 5.41) is 16.0. The van der Waals surface area contributed by atoms with E-state index < -0.39 is 27.3 Å². The van der Waals surface area contributed by atoms with Crippen LogP contribution in [0.3, 0.4) is 0 Å². The first kappa shape index (κ1) is 13.9. The predicted molar refractivity (Wildman–Crippen MR) is 53.5 cm³/mol. The van der Waals surface area contributed by atoms with E-state index in [9.17, 15) is 13.2 Å². The second-order valence-corrected chi connectivity index (χ2v) is 4.88. The van der Waals surface area contributed by atoms with Crippen LogP contribution in [-0.2, 0) is 14.8 Å². The Morgan fingerprint density at radius 2 is 2.00 bits per heavy atom. The van der Waals surface area contributed by atoms with Gasteiger partial charge in [-0.05, 0) is 12.8 Å². The van der Waals surface area contributed by atoms with Crippen molar-refractivity contribution in [3.8, 4) is 6.07 Å². The first-order chi connectivity index (χ1) is 6.88. The van der Waals surface area contributed by atoms with Gasteiger partial charge < -0.3 is 5.11 Å². The third kappa shape index (κ3) is 3.85. The van der Waals surface area contributed by atoms with E-state index >= 15 is 0 Å². The van der Waals surface area contributed by atoms with Crippen molar-refractivity contribution in [3.05, 3.63) is 0 Å². The van der Waals surface area contributed by atoms with E-state index in [-0.39, 0.29) is 12.8 Å². The number of carboxylic acids is 1. The fraction of sp³-hybridized carbons (Fsp3) is 0.750. The Balaban J connectivity index is 4.78. The van der Waals surface area contributed by atoms with Crippen LogP contribution in [0.15, 0.2) is 0 Å². The maximum absolute atomic E-state index is 11.5. The van der Waals surface area contributed by atoms with E-state index in [1.165, 1.54) is 0 Å². The van der Waals surface area contributed by atoms with E-state index in [0.717, 1.165) is 0 Å². The SMILES string of the molecule is CCC(C#N)S(=O)(=O)N[C@@H](CC)C(=O)O. The number of carboxylic acid groups (broad SMARTS) is 1. The van der Waals surface area contributed by atoms with Crippen LogP contribution in [0.5, 0.6) is 0 Å². The Morgan fingerprint density at radius 1 is 1.47 bits per heavy atom. The van der Waals surface area contributed by atoms with Gasteiger partial charge in [0.15, 0.2) is 5.25 Å². The van der Waals surface area contributed by atoms with Crippen molar-refractivity contribution in [3.63, 3.8) is 0 Å². The molecule has 0 saturated heterocycles. The molecule has 0 amide bonds. The van der Waals surface area contributed by atoms with Crippen LogP contribution in [0.1, 0.15) is 26.7 Å². The third-order valence-electron chi connectivity index (χ3n) is 1.90. The highest BCUT2D eigenvalue weighted by Crippen LogP contribution is 2.05. The molecule has 0 aliphatic carbocycles. The number of carbonyl (C=O) groups is 1. The highest BCUT2D eigenvalue weighted by molar-refractivity contribution is 7.90. The van der Waals surface area contributed by atoms with E-state index in [2.05, 4.69) is 0 Å². The zero-order valence-corrected chi connectivity index (χ0v) is 9.41. The summed E-state index contributed by atoms with van der Waals surface area (Å²) in [6, 6.07) is 0.448. The molecule has 1 unspecified atom stereocenters. The van der Waals surface area contributed by atoms with Crippen molar-refractivity contribution in [2.45, 2.75) is 38.0 Å². The molecular formula is C8H14N2O4S. The zero-order valence-electron chi connectivity index (χ0n) is 8.60. The summed E-state index contributed by atoms with van der Waals surface area (Å²) in [6.45, 7) is 3.10. The highest BCUT2D eigenvalue weighted by atomic mass is 32.2. The Bertz CT molecular complexity index is 357. The average molecular weight is 234 g/mol. The predicted octanol–water partition coefficient (Wildman–Crippen LogP) is 0.0712. The van der Waals surface area contributed by atoms with Crippen molar-refractivity contribution >= 4 is 16.0 Å². The number of sulfonamides is 1. The van der Waals surface area contributed by atoms with Gasteiger partial charge in [0.2, 0.25) is 10.0 Å². The summed E-state index contributed by atoms with van der Waals surface area (Å²) in [5.41, 5.74) is 0. The van der Waals surface area contributed by atoms with Gasteiger partial charge in [0.25, 0.3) is 0 Å². The molecular weight excluding hydrogens is 220 g/mol. The Labute approximate surface area is 89.0 Å². The second kappa shape index (κ2) is 5.68. The topological polar surface area (TPSA) is 107 Å². The van der Waals surface area contributed by atoms with Crippen LogP contribution in [0.4, 0.5) is 0 Å². The molecule has 0 bridgehead atoms. The van der Waals surface area contributed by atoms with E-state index in [4.69, 9.17) is 10.4 Å². The van der Waals surface area contributed by atoms with Crippen LogP contribution in [0.2, 0.25) is 0 Å². The molecule has 0 aromatic carbocycles. The van der Waals surface area contributed by atoms with E-state index in [1.54, 1.807) is 19.9 Å². The number of hydrogen-bond acceptors (Lipinski definition) is 4. The smallest absolute Gasteiger partial charge is 0.321 e. The normalized spacial score (nSPS) is 15.3.